The standard InChI is InChI=1S/C26H32FN3O5S/c1-17-10-23(36(2,32)33)22(30(17)25(31)35-15-18-6-4-3-5-7-18)16-34-21-8-9-26(12-19(26)11-21)24-28-13-20(27)14-29-24/h3-7,13-14,17,19,21-23H,8-12,15-16H2,1-2H3/t17?,19-,21+,22?,23?,26-/m1/s1. The molecule has 6 atom stereocenters. The number of halogens is 1. The molecule has 1 aromatic carbocycles. The Morgan fingerprint density at radius 1 is 1.19 bits per heavy atom. The van der Waals surface area contributed by atoms with E-state index in [4.69, 9.17) is 9.47 Å². The van der Waals surface area contributed by atoms with Gasteiger partial charge in [-0.3, -0.25) is 4.90 Å². The van der Waals surface area contributed by atoms with Crippen molar-refractivity contribution in [2.24, 2.45) is 5.92 Å². The van der Waals surface area contributed by atoms with Crippen LogP contribution in [0.5, 0.6) is 0 Å². The van der Waals surface area contributed by atoms with Gasteiger partial charge in [-0.2, -0.15) is 0 Å². The summed E-state index contributed by atoms with van der Waals surface area (Å²) in [7, 11) is -3.40. The molecule has 2 heterocycles. The largest absolute Gasteiger partial charge is 0.445 e. The first-order valence-electron chi connectivity index (χ1n) is 12.4. The molecule has 3 unspecified atom stereocenters. The quantitative estimate of drug-likeness (QED) is 0.553. The highest BCUT2D eigenvalue weighted by atomic mass is 32.2. The second-order valence-corrected chi connectivity index (χ2v) is 12.7. The molecule has 194 valence electrons. The van der Waals surface area contributed by atoms with Gasteiger partial charge in [0.25, 0.3) is 0 Å². The first-order valence-corrected chi connectivity index (χ1v) is 14.4. The molecule has 2 aromatic rings. The molecule has 36 heavy (non-hydrogen) atoms. The van der Waals surface area contributed by atoms with Gasteiger partial charge in [0.05, 0.1) is 36.4 Å². The van der Waals surface area contributed by atoms with E-state index in [9.17, 15) is 17.6 Å². The Bertz CT molecular complexity index is 1200. The van der Waals surface area contributed by atoms with Crippen molar-refractivity contribution in [3.63, 3.8) is 0 Å². The van der Waals surface area contributed by atoms with Gasteiger partial charge in [-0.25, -0.2) is 27.6 Å². The van der Waals surface area contributed by atoms with Crippen LogP contribution in [-0.2, 0) is 31.3 Å². The van der Waals surface area contributed by atoms with E-state index in [0.29, 0.717) is 18.2 Å². The fourth-order valence-electron chi connectivity index (χ4n) is 6.06. The lowest BCUT2D eigenvalue weighted by atomic mass is 9.86. The third kappa shape index (κ3) is 4.98. The summed E-state index contributed by atoms with van der Waals surface area (Å²) in [5.41, 5.74) is 0.767. The molecule has 0 bridgehead atoms. The van der Waals surface area contributed by atoms with Gasteiger partial charge in [0.1, 0.15) is 12.4 Å². The first-order chi connectivity index (χ1) is 17.2. The molecule has 8 nitrogen and oxygen atoms in total. The fraction of sp³-hybridized carbons (Fsp3) is 0.577. The number of hydrogen-bond acceptors (Lipinski definition) is 7. The molecule has 0 radical (unpaired) electrons. The minimum atomic E-state index is -3.40. The zero-order chi connectivity index (χ0) is 25.5. The van der Waals surface area contributed by atoms with Gasteiger partial charge >= 0.3 is 6.09 Å². The monoisotopic (exact) mass is 517 g/mol. The van der Waals surface area contributed by atoms with Crippen molar-refractivity contribution in [3.8, 4) is 0 Å². The van der Waals surface area contributed by atoms with Crippen molar-refractivity contribution in [3.05, 3.63) is 59.9 Å². The van der Waals surface area contributed by atoms with Gasteiger partial charge in [-0.15, -0.1) is 0 Å². The molecule has 1 aliphatic heterocycles. The van der Waals surface area contributed by atoms with Gasteiger partial charge in [-0.05, 0) is 50.5 Å². The summed E-state index contributed by atoms with van der Waals surface area (Å²) in [6, 6.07) is 8.50. The van der Waals surface area contributed by atoms with Crippen molar-refractivity contribution in [2.75, 3.05) is 12.9 Å². The van der Waals surface area contributed by atoms with E-state index in [0.717, 1.165) is 31.2 Å². The highest BCUT2D eigenvalue weighted by molar-refractivity contribution is 7.91. The van der Waals surface area contributed by atoms with Crippen molar-refractivity contribution in [1.29, 1.82) is 0 Å². The van der Waals surface area contributed by atoms with Crippen LogP contribution in [0.15, 0.2) is 42.7 Å². The number of rotatable bonds is 7. The van der Waals surface area contributed by atoms with E-state index >= 15 is 0 Å². The third-order valence-electron chi connectivity index (χ3n) is 8.06. The second kappa shape index (κ2) is 9.70. The van der Waals surface area contributed by atoms with E-state index < -0.39 is 33.0 Å². The molecule has 0 spiro atoms. The van der Waals surface area contributed by atoms with Crippen molar-refractivity contribution in [2.45, 2.75) is 74.5 Å². The minimum Gasteiger partial charge on any atom is -0.445 e. The SMILES string of the molecule is CC1CC(S(C)(=O)=O)C(CO[C@H]2CC[C@@]3(c4ncc(F)cn4)C[C@H]3C2)N1C(=O)OCc1ccccc1. The molecule has 2 aliphatic carbocycles. The van der Waals surface area contributed by atoms with Gasteiger partial charge in [0.15, 0.2) is 15.7 Å². The highest BCUT2D eigenvalue weighted by Crippen LogP contribution is 2.61. The van der Waals surface area contributed by atoms with E-state index in [2.05, 4.69) is 9.97 Å². The predicted molar refractivity (Wildman–Crippen MR) is 130 cm³/mol. The van der Waals surface area contributed by atoms with Crippen LogP contribution in [0.2, 0.25) is 0 Å². The molecular formula is C26H32FN3O5S. The van der Waals surface area contributed by atoms with Gasteiger partial charge in [0.2, 0.25) is 0 Å². The van der Waals surface area contributed by atoms with Crippen LogP contribution < -0.4 is 0 Å². The Balaban J connectivity index is 1.23. The topological polar surface area (TPSA) is 98.7 Å². The number of nitrogens with zero attached hydrogens (tertiary/aromatic N) is 3. The number of sulfone groups is 1. The predicted octanol–water partition coefficient (Wildman–Crippen LogP) is 3.66. The molecule has 1 aromatic heterocycles. The van der Waals surface area contributed by atoms with E-state index in [1.54, 1.807) is 4.90 Å². The van der Waals surface area contributed by atoms with Crippen LogP contribution in [0.3, 0.4) is 0 Å². The Morgan fingerprint density at radius 2 is 1.92 bits per heavy atom. The second-order valence-electron chi connectivity index (χ2n) is 10.5. The van der Waals surface area contributed by atoms with Crippen LogP contribution in [0.1, 0.15) is 50.4 Å². The number of carbonyl (C=O) groups is 1. The number of hydrogen-bond donors (Lipinski definition) is 0. The van der Waals surface area contributed by atoms with Crippen LogP contribution in [0.4, 0.5) is 9.18 Å². The molecule has 2 saturated carbocycles. The van der Waals surface area contributed by atoms with Crippen LogP contribution >= 0.6 is 0 Å². The summed E-state index contributed by atoms with van der Waals surface area (Å²) in [4.78, 5) is 23.0. The number of amides is 1. The summed E-state index contributed by atoms with van der Waals surface area (Å²) in [5.74, 6) is 0.616. The Labute approximate surface area is 211 Å². The van der Waals surface area contributed by atoms with E-state index in [1.807, 2.05) is 37.3 Å². The first kappa shape index (κ1) is 25.1. The number of likely N-dealkylation sites (tertiary alicyclic amines) is 1. The average molecular weight is 518 g/mol. The summed E-state index contributed by atoms with van der Waals surface area (Å²) < 4.78 is 50.3. The minimum absolute atomic E-state index is 0.0376. The maximum absolute atomic E-state index is 13.2. The number of fused-ring (bicyclic) bond motifs is 1. The molecule has 1 amide bonds. The fourth-order valence-corrected chi connectivity index (χ4v) is 7.47. The van der Waals surface area contributed by atoms with Crippen molar-refractivity contribution >= 4 is 15.9 Å². The zero-order valence-corrected chi connectivity index (χ0v) is 21.4. The van der Waals surface area contributed by atoms with E-state index in [1.165, 1.54) is 18.6 Å². The summed E-state index contributed by atoms with van der Waals surface area (Å²) >= 11 is 0. The lowest BCUT2D eigenvalue weighted by Gasteiger charge is -2.32. The highest BCUT2D eigenvalue weighted by Gasteiger charge is 2.60. The molecule has 0 N–H and O–H groups in total. The van der Waals surface area contributed by atoms with Gasteiger partial charge in [-0.1, -0.05) is 30.3 Å². The van der Waals surface area contributed by atoms with Gasteiger partial charge in [0, 0.05) is 17.7 Å². The van der Waals surface area contributed by atoms with E-state index in [-0.39, 0.29) is 30.8 Å². The van der Waals surface area contributed by atoms with Crippen LogP contribution in [-0.4, -0.2) is 65.7 Å². The Kier molecular flexibility index (Phi) is 6.76. The van der Waals surface area contributed by atoms with Crippen molar-refractivity contribution in [1.82, 2.24) is 14.9 Å². The summed E-state index contributed by atoms with van der Waals surface area (Å²) in [5, 5.41) is -0.701. The van der Waals surface area contributed by atoms with Crippen LogP contribution in [0, 0.1) is 11.7 Å². The molecule has 3 fully saturated rings. The molecule has 1 saturated heterocycles. The normalized spacial score (nSPS) is 31.6. The third-order valence-corrected chi connectivity index (χ3v) is 9.67. The smallest absolute Gasteiger partial charge is 0.410 e. The van der Waals surface area contributed by atoms with Crippen molar-refractivity contribution < 1.29 is 27.1 Å². The lowest BCUT2D eigenvalue weighted by molar-refractivity contribution is -0.00945. The van der Waals surface area contributed by atoms with Gasteiger partial charge < -0.3 is 9.47 Å². The Morgan fingerprint density at radius 3 is 2.58 bits per heavy atom. The Hall–Kier alpha value is -2.59. The zero-order valence-electron chi connectivity index (χ0n) is 20.5. The maximum Gasteiger partial charge on any atom is 0.410 e. The number of aromatic nitrogens is 2. The number of ether oxygens (including phenoxy) is 2. The molecule has 5 rings (SSSR count). The summed E-state index contributed by atoms with van der Waals surface area (Å²) in [6.07, 6.45) is 6.82. The number of carbonyl (C=O) groups excluding carboxylic acids is 1. The molecule has 3 aliphatic rings. The van der Waals surface area contributed by atoms with Crippen LogP contribution in [0.25, 0.3) is 0 Å². The number of benzene rings is 1. The average Bonchev–Trinajstić information content (AvgIpc) is 3.49. The lowest BCUT2D eigenvalue weighted by Crippen LogP contribution is -2.47. The molecule has 10 heteroatoms. The summed E-state index contributed by atoms with van der Waals surface area (Å²) in [6.45, 7) is 2.11. The maximum atomic E-state index is 13.2. The molecular weight excluding hydrogens is 485 g/mol.